The van der Waals surface area contributed by atoms with E-state index in [0.29, 0.717) is 83.5 Å². The number of ether oxygens (including phenoxy) is 5. The lowest BCUT2D eigenvalue weighted by Gasteiger charge is -2.13. The molecule has 1 aromatic carbocycles. The zero-order chi connectivity index (χ0) is 34.3. The summed E-state index contributed by atoms with van der Waals surface area (Å²) in [4.78, 5) is 29.7. The van der Waals surface area contributed by atoms with Crippen molar-refractivity contribution in [1.82, 2.24) is 25.4 Å². The number of fused-ring (bicyclic) bond motifs is 3. The molecule has 0 radical (unpaired) electrons. The third-order valence-electron chi connectivity index (χ3n) is 7.32. The number of thiophene rings is 1. The Bertz CT molecular complexity index is 1510. The number of halogens is 1. The van der Waals surface area contributed by atoms with Crippen molar-refractivity contribution in [3.63, 3.8) is 0 Å². The monoisotopic (exact) mass is 706 g/mol. The van der Waals surface area contributed by atoms with Crippen LogP contribution in [-0.2, 0) is 28.5 Å². The highest BCUT2D eigenvalue weighted by molar-refractivity contribution is 7.15. The van der Waals surface area contributed by atoms with Crippen LogP contribution in [0.25, 0.3) is 5.00 Å². The van der Waals surface area contributed by atoms with Gasteiger partial charge in [-0.3, -0.25) is 14.4 Å². The van der Waals surface area contributed by atoms with Crippen molar-refractivity contribution in [2.24, 2.45) is 4.99 Å². The Labute approximate surface area is 288 Å². The molecule has 48 heavy (non-hydrogen) atoms. The number of aryl methyl sites for hydroxylation is 2. The van der Waals surface area contributed by atoms with Crippen LogP contribution in [0.3, 0.4) is 0 Å². The Balaban J connectivity index is 1.13. The molecule has 2 aromatic heterocycles. The number of carbonyl (C=O) groups excluding carboxylic acids is 1. The van der Waals surface area contributed by atoms with E-state index < -0.39 is 12.1 Å². The maximum absolute atomic E-state index is 13.1. The first-order chi connectivity index (χ1) is 23.3. The zero-order valence-electron chi connectivity index (χ0n) is 27.5. The molecular weight excluding hydrogens is 664 g/mol. The minimum Gasteiger partial charge on any atom is -0.465 e. The van der Waals surface area contributed by atoms with Crippen LogP contribution in [0.15, 0.2) is 29.3 Å². The maximum Gasteiger partial charge on any atom is 0.404 e. The van der Waals surface area contributed by atoms with Gasteiger partial charge in [-0.05, 0) is 38.5 Å². The molecule has 3 heterocycles. The summed E-state index contributed by atoms with van der Waals surface area (Å²) in [7, 11) is 0. The van der Waals surface area contributed by atoms with E-state index in [9.17, 15) is 9.59 Å². The van der Waals surface area contributed by atoms with Crippen molar-refractivity contribution in [3.8, 4) is 5.00 Å². The van der Waals surface area contributed by atoms with Gasteiger partial charge in [0.2, 0.25) is 5.91 Å². The summed E-state index contributed by atoms with van der Waals surface area (Å²) in [5.74, 6) is 1.21. The number of benzene rings is 1. The van der Waals surface area contributed by atoms with Gasteiger partial charge >= 0.3 is 6.09 Å². The van der Waals surface area contributed by atoms with Crippen LogP contribution in [0.5, 0.6) is 0 Å². The molecule has 3 N–H and O–H groups in total. The largest absolute Gasteiger partial charge is 0.465 e. The average Bonchev–Trinajstić information content (AvgIpc) is 3.54. The van der Waals surface area contributed by atoms with E-state index in [2.05, 4.69) is 34.7 Å². The van der Waals surface area contributed by atoms with Gasteiger partial charge in [-0.1, -0.05) is 23.7 Å². The van der Waals surface area contributed by atoms with Crippen LogP contribution in [0, 0.1) is 20.8 Å². The van der Waals surface area contributed by atoms with Crippen molar-refractivity contribution in [3.05, 3.63) is 62.5 Å². The molecule has 0 fully saturated rings. The topological polar surface area (TPSA) is 168 Å². The van der Waals surface area contributed by atoms with Gasteiger partial charge in [0.1, 0.15) is 16.9 Å². The molecule has 0 bridgehead atoms. The number of aliphatic imine (C=N–C) groups is 1. The molecule has 2 amide bonds. The van der Waals surface area contributed by atoms with Gasteiger partial charge in [0.25, 0.3) is 0 Å². The molecule has 1 aliphatic rings. The molecule has 0 saturated heterocycles. The lowest BCUT2D eigenvalue weighted by atomic mass is 9.99. The molecule has 0 unspecified atom stereocenters. The van der Waals surface area contributed by atoms with Gasteiger partial charge in [-0.25, -0.2) is 4.79 Å². The molecule has 0 spiro atoms. The van der Waals surface area contributed by atoms with Crippen molar-refractivity contribution >= 4 is 40.6 Å². The number of amides is 2. The van der Waals surface area contributed by atoms with E-state index in [-0.39, 0.29) is 18.9 Å². The summed E-state index contributed by atoms with van der Waals surface area (Å²) >= 11 is 7.86. The van der Waals surface area contributed by atoms with Gasteiger partial charge in [-0.15, -0.1) is 21.5 Å². The fraction of sp³-hybridized carbons (Fsp3) is 0.531. The molecule has 16 heteroatoms. The zero-order valence-corrected chi connectivity index (χ0v) is 29.0. The number of hydrogen-bond donors (Lipinski definition) is 3. The first kappa shape index (κ1) is 37.4. The lowest BCUT2D eigenvalue weighted by Crippen LogP contribution is -2.29. The second-order valence-electron chi connectivity index (χ2n) is 10.8. The number of carboxylic acid groups (broad SMARTS) is 1. The number of hydrogen-bond acceptors (Lipinski definition) is 11. The van der Waals surface area contributed by atoms with Crippen LogP contribution in [0.4, 0.5) is 4.79 Å². The Morgan fingerprint density at radius 3 is 1.94 bits per heavy atom. The van der Waals surface area contributed by atoms with E-state index in [4.69, 9.17) is 45.4 Å². The van der Waals surface area contributed by atoms with Crippen LogP contribution >= 0.6 is 22.9 Å². The highest BCUT2D eigenvalue weighted by Gasteiger charge is 2.32. The first-order valence-corrected chi connectivity index (χ1v) is 16.9. The van der Waals surface area contributed by atoms with Crippen LogP contribution in [-0.4, -0.2) is 117 Å². The summed E-state index contributed by atoms with van der Waals surface area (Å²) in [6.07, 6.45) is -0.963. The molecule has 1 atom stereocenters. The molecule has 0 saturated carbocycles. The summed E-state index contributed by atoms with van der Waals surface area (Å²) in [5.41, 5.74) is 3.88. The summed E-state index contributed by atoms with van der Waals surface area (Å²) in [6, 6.07) is 7.06. The Morgan fingerprint density at radius 2 is 1.38 bits per heavy atom. The van der Waals surface area contributed by atoms with E-state index in [1.165, 1.54) is 4.88 Å². The SMILES string of the molecule is Cc1sc2c(c1C)C(c1ccc(Cl)cc1)=N[C@@H](CC(=O)NCCOCCOCCOCCOCCOCCNC(=O)O)c1nnc(C)n1-2. The quantitative estimate of drug-likeness (QED) is 0.139. The second-order valence-corrected chi connectivity index (χ2v) is 12.4. The predicted molar refractivity (Wildman–Crippen MR) is 181 cm³/mol. The van der Waals surface area contributed by atoms with Gasteiger partial charge in [0.05, 0.1) is 78.2 Å². The van der Waals surface area contributed by atoms with Crippen molar-refractivity contribution in [2.75, 3.05) is 79.2 Å². The third kappa shape index (κ3) is 11.1. The fourth-order valence-corrected chi connectivity index (χ4v) is 6.19. The lowest BCUT2D eigenvalue weighted by molar-refractivity contribution is -0.121. The molecule has 0 aliphatic carbocycles. The van der Waals surface area contributed by atoms with Gasteiger partial charge in [-0.2, -0.15) is 0 Å². The normalized spacial score (nSPS) is 13.8. The molecule has 14 nitrogen and oxygen atoms in total. The second kappa shape index (κ2) is 19.5. The standard InChI is InChI=1S/C32H43ClN6O8S/c1-21-22(2)48-31-28(21)29(24-4-6-25(33)7-5-24)36-26(30-38-37-23(3)39(30)31)20-27(40)34-8-10-43-12-14-45-16-18-47-19-17-46-15-13-44-11-9-35-32(41)42/h4-7,26,35H,8-20H2,1-3H3,(H,34,40)(H,41,42)/t26-/m0/s1. The van der Waals surface area contributed by atoms with E-state index in [0.717, 1.165) is 33.2 Å². The average molecular weight is 707 g/mol. The van der Waals surface area contributed by atoms with E-state index in [1.54, 1.807) is 11.3 Å². The minimum atomic E-state index is -1.07. The summed E-state index contributed by atoms with van der Waals surface area (Å²) in [5, 5.41) is 24.0. The first-order valence-electron chi connectivity index (χ1n) is 15.7. The van der Waals surface area contributed by atoms with Crippen LogP contribution < -0.4 is 10.6 Å². The molecule has 4 rings (SSSR count). The summed E-state index contributed by atoms with van der Waals surface area (Å²) < 4.78 is 29.2. The maximum atomic E-state index is 13.1. The number of rotatable bonds is 21. The van der Waals surface area contributed by atoms with Gasteiger partial charge in [0.15, 0.2) is 5.82 Å². The third-order valence-corrected chi connectivity index (χ3v) is 8.76. The Hall–Kier alpha value is -3.44. The summed E-state index contributed by atoms with van der Waals surface area (Å²) in [6.45, 7) is 10.6. The smallest absolute Gasteiger partial charge is 0.404 e. The Morgan fingerprint density at radius 1 is 0.833 bits per heavy atom. The molecule has 3 aromatic rings. The number of nitrogens with zero attached hydrogens (tertiary/aromatic N) is 4. The molecular formula is C32H43ClN6O8S. The van der Waals surface area contributed by atoms with E-state index in [1.807, 2.05) is 35.8 Å². The predicted octanol–water partition coefficient (Wildman–Crippen LogP) is 3.66. The van der Waals surface area contributed by atoms with Crippen molar-refractivity contribution < 1.29 is 38.4 Å². The highest BCUT2D eigenvalue weighted by Crippen LogP contribution is 2.39. The van der Waals surface area contributed by atoms with Crippen LogP contribution in [0.2, 0.25) is 5.02 Å². The number of nitrogens with one attached hydrogen (secondary N) is 2. The fourth-order valence-electron chi connectivity index (χ4n) is 4.85. The van der Waals surface area contributed by atoms with Gasteiger partial charge in [0, 0.05) is 34.1 Å². The van der Waals surface area contributed by atoms with Gasteiger partial charge < -0.3 is 39.4 Å². The number of aromatic nitrogens is 3. The Kier molecular flexibility index (Phi) is 15.2. The van der Waals surface area contributed by atoms with Crippen molar-refractivity contribution in [1.29, 1.82) is 0 Å². The number of carbonyl (C=O) groups is 2. The highest BCUT2D eigenvalue weighted by atomic mass is 35.5. The minimum absolute atomic E-state index is 0.108. The van der Waals surface area contributed by atoms with Crippen molar-refractivity contribution in [2.45, 2.75) is 33.2 Å². The molecule has 1 aliphatic heterocycles. The van der Waals surface area contributed by atoms with E-state index >= 15 is 0 Å². The van der Waals surface area contributed by atoms with Crippen LogP contribution in [0.1, 0.15) is 45.7 Å². The molecule has 262 valence electrons.